The van der Waals surface area contributed by atoms with Crippen LogP contribution >= 0.6 is 11.3 Å². The quantitative estimate of drug-likeness (QED) is 0.851. The molecule has 0 saturated carbocycles. The van der Waals surface area contributed by atoms with Gasteiger partial charge in [0.15, 0.2) is 0 Å². The zero-order valence-corrected chi connectivity index (χ0v) is 12.9. The molecule has 3 nitrogen and oxygen atoms in total. The molecule has 0 aliphatic carbocycles. The first-order chi connectivity index (χ1) is 9.52. The molecule has 1 amide bonds. The molecule has 0 radical (unpaired) electrons. The Morgan fingerprint density at radius 2 is 2.15 bits per heavy atom. The van der Waals surface area contributed by atoms with Crippen molar-refractivity contribution in [1.82, 2.24) is 4.90 Å². The molecule has 1 aromatic heterocycles. The standard InChI is InChI=1S/C16H21NO2S/c1-16(2)6-8-17(9-7-16)15(19)13-11-14(20-12-13)5-3-4-10-18/h11-12,18H,4,6-10H2,1-2H3. The highest BCUT2D eigenvalue weighted by atomic mass is 32.1. The molecule has 0 bridgehead atoms. The number of piperidine rings is 1. The number of carbonyl (C=O) groups excluding carboxylic acids is 1. The smallest absolute Gasteiger partial charge is 0.254 e. The van der Waals surface area contributed by atoms with Crippen LogP contribution in [0.1, 0.15) is 48.3 Å². The molecule has 2 heterocycles. The molecular formula is C16H21NO2S. The third kappa shape index (κ3) is 3.84. The maximum Gasteiger partial charge on any atom is 0.254 e. The van der Waals surface area contributed by atoms with E-state index in [9.17, 15) is 4.79 Å². The van der Waals surface area contributed by atoms with Gasteiger partial charge < -0.3 is 10.0 Å². The van der Waals surface area contributed by atoms with E-state index >= 15 is 0 Å². The molecule has 0 atom stereocenters. The van der Waals surface area contributed by atoms with Crippen molar-refractivity contribution in [2.45, 2.75) is 33.1 Å². The van der Waals surface area contributed by atoms with Gasteiger partial charge >= 0.3 is 0 Å². The molecule has 0 spiro atoms. The molecule has 1 aromatic rings. The number of carbonyl (C=O) groups is 1. The maximum absolute atomic E-state index is 12.4. The molecule has 1 aliphatic heterocycles. The molecule has 108 valence electrons. The van der Waals surface area contributed by atoms with Crippen LogP contribution in [0.25, 0.3) is 0 Å². The van der Waals surface area contributed by atoms with Crippen molar-refractivity contribution in [2.75, 3.05) is 19.7 Å². The lowest BCUT2D eigenvalue weighted by molar-refractivity contribution is 0.0631. The minimum atomic E-state index is 0.0771. The Hall–Kier alpha value is -1.31. The molecule has 4 heteroatoms. The number of amides is 1. The molecule has 1 fully saturated rings. The lowest BCUT2D eigenvalue weighted by Crippen LogP contribution is -2.41. The summed E-state index contributed by atoms with van der Waals surface area (Å²) in [4.78, 5) is 15.2. The van der Waals surface area contributed by atoms with Crippen molar-refractivity contribution in [1.29, 1.82) is 0 Å². The molecule has 20 heavy (non-hydrogen) atoms. The molecule has 0 aromatic carbocycles. The van der Waals surface area contributed by atoms with Crippen LogP contribution in [-0.4, -0.2) is 35.6 Å². The Kier molecular flexibility index (Phi) is 4.85. The summed E-state index contributed by atoms with van der Waals surface area (Å²) in [5.74, 6) is 5.97. The molecule has 2 rings (SSSR count). The summed E-state index contributed by atoms with van der Waals surface area (Å²) >= 11 is 1.49. The van der Waals surface area contributed by atoms with Gasteiger partial charge in [-0.05, 0) is 24.3 Å². The largest absolute Gasteiger partial charge is 0.395 e. The average Bonchev–Trinajstić information content (AvgIpc) is 2.87. The van der Waals surface area contributed by atoms with Crippen LogP contribution in [0.4, 0.5) is 0 Å². The van der Waals surface area contributed by atoms with Gasteiger partial charge in [0, 0.05) is 24.9 Å². The van der Waals surface area contributed by atoms with Crippen molar-refractivity contribution in [3.63, 3.8) is 0 Å². The van der Waals surface area contributed by atoms with Crippen LogP contribution in [-0.2, 0) is 0 Å². The van der Waals surface area contributed by atoms with Crippen LogP contribution in [0.2, 0.25) is 0 Å². The first kappa shape index (κ1) is 15.1. The fraction of sp³-hybridized carbons (Fsp3) is 0.562. The monoisotopic (exact) mass is 291 g/mol. The highest BCUT2D eigenvalue weighted by Gasteiger charge is 2.28. The van der Waals surface area contributed by atoms with Gasteiger partial charge in [-0.3, -0.25) is 4.79 Å². The van der Waals surface area contributed by atoms with Gasteiger partial charge in [0.25, 0.3) is 5.91 Å². The molecule has 1 N–H and O–H groups in total. The van der Waals surface area contributed by atoms with Gasteiger partial charge in [-0.25, -0.2) is 0 Å². The van der Waals surface area contributed by atoms with Crippen LogP contribution in [0.5, 0.6) is 0 Å². The minimum Gasteiger partial charge on any atom is -0.395 e. The van der Waals surface area contributed by atoms with E-state index in [1.54, 1.807) is 0 Å². The summed E-state index contributed by atoms with van der Waals surface area (Å²) in [6, 6.07) is 1.86. The van der Waals surface area contributed by atoms with E-state index in [1.807, 2.05) is 16.3 Å². The van der Waals surface area contributed by atoms with E-state index in [0.717, 1.165) is 36.4 Å². The third-order valence-electron chi connectivity index (χ3n) is 3.70. The van der Waals surface area contributed by atoms with Gasteiger partial charge in [-0.2, -0.15) is 0 Å². The van der Waals surface area contributed by atoms with E-state index < -0.39 is 0 Å². The highest BCUT2D eigenvalue weighted by molar-refractivity contribution is 7.10. The van der Waals surface area contributed by atoms with Gasteiger partial charge in [0.1, 0.15) is 0 Å². The second-order valence-electron chi connectivity index (χ2n) is 5.93. The maximum atomic E-state index is 12.4. The zero-order chi connectivity index (χ0) is 14.6. The van der Waals surface area contributed by atoms with Gasteiger partial charge in [0.05, 0.1) is 17.0 Å². The number of aliphatic hydroxyl groups is 1. The third-order valence-corrected chi connectivity index (χ3v) is 4.54. The summed E-state index contributed by atoms with van der Waals surface area (Å²) in [5, 5.41) is 10.6. The van der Waals surface area contributed by atoms with Crippen LogP contribution < -0.4 is 0 Å². The van der Waals surface area contributed by atoms with E-state index in [-0.39, 0.29) is 12.5 Å². The van der Waals surface area contributed by atoms with Crippen molar-refractivity contribution in [3.8, 4) is 11.8 Å². The number of aliphatic hydroxyl groups excluding tert-OH is 1. The van der Waals surface area contributed by atoms with Crippen molar-refractivity contribution in [3.05, 3.63) is 21.9 Å². The van der Waals surface area contributed by atoms with E-state index in [1.165, 1.54) is 11.3 Å². The number of hydrogen-bond donors (Lipinski definition) is 1. The van der Waals surface area contributed by atoms with E-state index in [0.29, 0.717) is 11.8 Å². The molecular weight excluding hydrogens is 270 g/mol. The number of rotatable bonds is 2. The van der Waals surface area contributed by atoms with Crippen molar-refractivity contribution < 1.29 is 9.90 Å². The lowest BCUT2D eigenvalue weighted by Gasteiger charge is -2.36. The number of hydrogen-bond acceptors (Lipinski definition) is 3. The minimum absolute atomic E-state index is 0.0771. The summed E-state index contributed by atoms with van der Waals surface area (Å²) in [6.45, 7) is 6.27. The number of likely N-dealkylation sites (tertiary alicyclic amines) is 1. The predicted octanol–water partition coefficient (Wildman–Crippen LogP) is 2.74. The van der Waals surface area contributed by atoms with Gasteiger partial charge in [0.2, 0.25) is 0 Å². The second-order valence-corrected chi connectivity index (χ2v) is 6.84. The SMILES string of the molecule is CC1(C)CCN(C(=O)c2csc(C#CCCO)c2)CC1. The Labute approximate surface area is 124 Å². The molecule has 0 unspecified atom stereocenters. The fourth-order valence-electron chi connectivity index (χ4n) is 2.22. The summed E-state index contributed by atoms with van der Waals surface area (Å²) in [7, 11) is 0. The predicted molar refractivity (Wildman–Crippen MR) is 81.8 cm³/mol. The van der Waals surface area contributed by atoms with Crippen molar-refractivity contribution >= 4 is 17.2 Å². The fourth-order valence-corrected chi connectivity index (χ4v) is 2.97. The topological polar surface area (TPSA) is 40.5 Å². The Balaban J connectivity index is 1.99. The normalized spacial score (nSPS) is 17.4. The van der Waals surface area contributed by atoms with E-state index in [4.69, 9.17) is 5.11 Å². The van der Waals surface area contributed by atoms with Gasteiger partial charge in [-0.15, -0.1) is 11.3 Å². The van der Waals surface area contributed by atoms with E-state index in [2.05, 4.69) is 25.7 Å². The summed E-state index contributed by atoms with van der Waals surface area (Å²) in [5.41, 5.74) is 1.09. The first-order valence-corrected chi connectivity index (χ1v) is 7.87. The number of nitrogens with zero attached hydrogens (tertiary/aromatic N) is 1. The molecule has 1 aliphatic rings. The average molecular weight is 291 g/mol. The second kappa shape index (κ2) is 6.43. The summed E-state index contributed by atoms with van der Waals surface area (Å²) < 4.78 is 0. The van der Waals surface area contributed by atoms with Crippen LogP contribution in [0.3, 0.4) is 0 Å². The highest BCUT2D eigenvalue weighted by Crippen LogP contribution is 2.30. The zero-order valence-electron chi connectivity index (χ0n) is 12.1. The Morgan fingerprint density at radius 1 is 1.45 bits per heavy atom. The van der Waals surface area contributed by atoms with Crippen LogP contribution in [0.15, 0.2) is 11.4 Å². The first-order valence-electron chi connectivity index (χ1n) is 6.99. The van der Waals surface area contributed by atoms with Gasteiger partial charge in [-0.1, -0.05) is 25.7 Å². The van der Waals surface area contributed by atoms with Crippen LogP contribution in [0, 0.1) is 17.3 Å². The Bertz CT molecular complexity index is 526. The molecule has 1 saturated heterocycles. The lowest BCUT2D eigenvalue weighted by atomic mass is 9.82. The number of thiophene rings is 1. The summed E-state index contributed by atoms with van der Waals surface area (Å²) in [6.07, 6.45) is 2.60. The Morgan fingerprint density at radius 3 is 2.80 bits per heavy atom. The van der Waals surface area contributed by atoms with Crippen molar-refractivity contribution in [2.24, 2.45) is 5.41 Å².